The van der Waals surface area contributed by atoms with E-state index in [2.05, 4.69) is 31.4 Å². The maximum Gasteiger partial charge on any atom is 0.293 e. The Bertz CT molecular complexity index is 1080. The number of hydrogen-bond donors (Lipinski definition) is 2. The van der Waals surface area contributed by atoms with Gasteiger partial charge >= 0.3 is 0 Å². The molecule has 2 aromatic rings. The van der Waals surface area contributed by atoms with Crippen molar-refractivity contribution in [2.45, 2.75) is 43.9 Å². The number of hydrogen-bond acceptors (Lipinski definition) is 7. The van der Waals surface area contributed by atoms with Crippen molar-refractivity contribution in [3.05, 3.63) is 58.1 Å². The van der Waals surface area contributed by atoms with Crippen LogP contribution in [0, 0.1) is 10.1 Å². The highest BCUT2D eigenvalue weighted by Gasteiger charge is 2.18. The van der Waals surface area contributed by atoms with Gasteiger partial charge in [0.25, 0.3) is 5.69 Å². The van der Waals surface area contributed by atoms with E-state index in [1.165, 1.54) is 17.7 Å². The minimum atomic E-state index is -3.55. The van der Waals surface area contributed by atoms with Crippen molar-refractivity contribution in [3.8, 4) is 5.75 Å². The van der Waals surface area contributed by atoms with Gasteiger partial charge in [0.05, 0.1) is 16.4 Å². The van der Waals surface area contributed by atoms with E-state index in [1.54, 1.807) is 0 Å². The molecule has 0 aliphatic carbocycles. The van der Waals surface area contributed by atoms with Crippen LogP contribution in [-0.2, 0) is 20.0 Å². The van der Waals surface area contributed by atoms with Crippen molar-refractivity contribution >= 4 is 27.1 Å². The number of rotatable bonds is 11. The number of nitro benzene ring substituents is 1. The molecule has 0 unspecified atom stereocenters. The Kier molecular flexibility index (Phi) is 8.81. The number of nitrogens with one attached hydrogen (secondary N) is 2. The molecule has 2 aromatic carbocycles. The van der Waals surface area contributed by atoms with E-state index in [9.17, 15) is 23.3 Å². The van der Waals surface area contributed by atoms with Crippen LogP contribution in [0.25, 0.3) is 0 Å². The van der Waals surface area contributed by atoms with Gasteiger partial charge in [0, 0.05) is 31.8 Å². The van der Waals surface area contributed by atoms with Crippen molar-refractivity contribution in [1.29, 1.82) is 0 Å². The standard InChI is InChI=1S/C23H31N3O6S/c1-23(2,3)17-7-9-18(10-8-17)32-15-5-6-22(27)25-14-13-24-20-12-11-19(33(4,30)31)16-21(20)26(28)29/h7-12,16,24H,5-6,13-15H2,1-4H3,(H,25,27). The molecule has 0 saturated heterocycles. The Morgan fingerprint density at radius 2 is 1.76 bits per heavy atom. The van der Waals surface area contributed by atoms with E-state index in [0.717, 1.165) is 18.1 Å². The summed E-state index contributed by atoms with van der Waals surface area (Å²) in [4.78, 5) is 22.5. The Hall–Kier alpha value is -3.14. The quantitative estimate of drug-likeness (QED) is 0.287. The topological polar surface area (TPSA) is 128 Å². The van der Waals surface area contributed by atoms with Crippen LogP contribution in [0.4, 0.5) is 11.4 Å². The minimum absolute atomic E-state index is 0.0794. The molecule has 0 heterocycles. The molecule has 0 spiro atoms. The van der Waals surface area contributed by atoms with Crippen LogP contribution in [0.15, 0.2) is 47.4 Å². The molecule has 2 N–H and O–H groups in total. The summed E-state index contributed by atoms with van der Waals surface area (Å²) < 4.78 is 28.9. The van der Waals surface area contributed by atoms with Gasteiger partial charge in [0.15, 0.2) is 9.84 Å². The number of anilines is 1. The fourth-order valence-corrected chi connectivity index (χ4v) is 3.64. The van der Waals surface area contributed by atoms with Crippen molar-refractivity contribution in [3.63, 3.8) is 0 Å². The van der Waals surface area contributed by atoms with Crippen LogP contribution in [-0.4, -0.2) is 45.2 Å². The summed E-state index contributed by atoms with van der Waals surface area (Å²) in [5.41, 5.74) is 1.15. The van der Waals surface area contributed by atoms with Gasteiger partial charge in [-0.15, -0.1) is 0 Å². The van der Waals surface area contributed by atoms with Gasteiger partial charge in [-0.25, -0.2) is 8.42 Å². The second-order valence-corrected chi connectivity index (χ2v) is 10.7. The number of benzene rings is 2. The average molecular weight is 478 g/mol. The fourth-order valence-electron chi connectivity index (χ4n) is 3.00. The third kappa shape index (κ3) is 8.38. The lowest BCUT2D eigenvalue weighted by Gasteiger charge is -2.19. The monoisotopic (exact) mass is 477 g/mol. The van der Waals surface area contributed by atoms with Gasteiger partial charge in [-0.1, -0.05) is 32.9 Å². The summed E-state index contributed by atoms with van der Waals surface area (Å²) in [6.45, 7) is 7.37. The van der Waals surface area contributed by atoms with E-state index in [0.29, 0.717) is 19.4 Å². The molecule has 0 radical (unpaired) electrons. The van der Waals surface area contributed by atoms with Gasteiger partial charge in [0.2, 0.25) is 5.91 Å². The van der Waals surface area contributed by atoms with Crippen LogP contribution in [0.3, 0.4) is 0 Å². The number of nitro groups is 1. The number of amides is 1. The summed E-state index contributed by atoms with van der Waals surface area (Å²) in [5, 5.41) is 16.8. The average Bonchev–Trinajstić information content (AvgIpc) is 2.73. The van der Waals surface area contributed by atoms with Crippen LogP contribution in [0.1, 0.15) is 39.2 Å². The van der Waals surface area contributed by atoms with Crippen LogP contribution in [0.5, 0.6) is 5.75 Å². The second kappa shape index (κ2) is 11.1. The zero-order valence-electron chi connectivity index (χ0n) is 19.4. The molecule has 0 aromatic heterocycles. The number of sulfone groups is 1. The van der Waals surface area contributed by atoms with Crippen molar-refractivity contribution in [2.24, 2.45) is 0 Å². The molecule has 0 aliphatic rings. The normalized spacial score (nSPS) is 11.6. The molecule has 180 valence electrons. The number of ether oxygens (including phenoxy) is 1. The number of nitrogens with zero attached hydrogens (tertiary/aromatic N) is 1. The molecule has 1 amide bonds. The first-order valence-electron chi connectivity index (χ1n) is 10.6. The van der Waals surface area contributed by atoms with Crippen LogP contribution >= 0.6 is 0 Å². The predicted octanol–water partition coefficient (Wildman–Crippen LogP) is 3.68. The molecule has 9 nitrogen and oxygen atoms in total. The van der Waals surface area contributed by atoms with E-state index < -0.39 is 14.8 Å². The fraction of sp³-hybridized carbons (Fsp3) is 0.435. The predicted molar refractivity (Wildman–Crippen MR) is 128 cm³/mol. The van der Waals surface area contributed by atoms with Gasteiger partial charge in [-0.2, -0.15) is 0 Å². The first kappa shape index (κ1) is 26.1. The van der Waals surface area contributed by atoms with E-state index >= 15 is 0 Å². The molecule has 0 aliphatic heterocycles. The van der Waals surface area contributed by atoms with E-state index in [1.807, 2.05) is 24.3 Å². The van der Waals surface area contributed by atoms with Gasteiger partial charge in [0.1, 0.15) is 11.4 Å². The van der Waals surface area contributed by atoms with Gasteiger partial charge < -0.3 is 15.4 Å². The SMILES string of the molecule is CC(C)(C)c1ccc(OCCCC(=O)NCCNc2ccc(S(C)(=O)=O)cc2[N+](=O)[O-])cc1. The maximum absolute atomic E-state index is 12.0. The van der Waals surface area contributed by atoms with Crippen LogP contribution < -0.4 is 15.4 Å². The summed E-state index contributed by atoms with van der Waals surface area (Å²) in [6, 6.07) is 11.6. The molecular weight excluding hydrogens is 446 g/mol. The van der Waals surface area contributed by atoms with Crippen molar-refractivity contribution in [1.82, 2.24) is 5.32 Å². The minimum Gasteiger partial charge on any atom is -0.494 e. The lowest BCUT2D eigenvalue weighted by Crippen LogP contribution is -2.29. The molecule has 0 fully saturated rings. The largest absolute Gasteiger partial charge is 0.494 e. The zero-order chi connectivity index (χ0) is 24.6. The summed E-state index contributed by atoms with van der Waals surface area (Å²) in [5.74, 6) is 0.612. The first-order chi connectivity index (χ1) is 15.4. The highest BCUT2D eigenvalue weighted by molar-refractivity contribution is 7.90. The molecule has 0 atom stereocenters. The smallest absolute Gasteiger partial charge is 0.293 e. The maximum atomic E-state index is 12.0. The Labute approximate surface area is 194 Å². The lowest BCUT2D eigenvalue weighted by molar-refractivity contribution is -0.384. The molecule has 2 rings (SSSR count). The third-order valence-electron chi connectivity index (χ3n) is 4.89. The zero-order valence-corrected chi connectivity index (χ0v) is 20.2. The molecule has 0 bridgehead atoms. The Morgan fingerprint density at radius 1 is 1.09 bits per heavy atom. The van der Waals surface area contributed by atoms with Crippen molar-refractivity contribution in [2.75, 3.05) is 31.3 Å². The third-order valence-corrected chi connectivity index (χ3v) is 6.00. The highest BCUT2D eigenvalue weighted by atomic mass is 32.2. The molecular formula is C23H31N3O6S. The highest BCUT2D eigenvalue weighted by Crippen LogP contribution is 2.27. The Balaban J connectivity index is 1.71. The first-order valence-corrected chi connectivity index (χ1v) is 12.5. The van der Waals surface area contributed by atoms with Gasteiger partial charge in [-0.3, -0.25) is 14.9 Å². The summed E-state index contributed by atoms with van der Waals surface area (Å²) in [6.07, 6.45) is 1.84. The van der Waals surface area contributed by atoms with E-state index in [-0.39, 0.29) is 40.7 Å². The summed E-state index contributed by atoms with van der Waals surface area (Å²) >= 11 is 0. The second-order valence-electron chi connectivity index (χ2n) is 8.71. The van der Waals surface area contributed by atoms with E-state index in [4.69, 9.17) is 4.74 Å². The van der Waals surface area contributed by atoms with Gasteiger partial charge in [-0.05, 0) is 41.7 Å². The molecule has 33 heavy (non-hydrogen) atoms. The molecule has 10 heteroatoms. The molecule has 0 saturated carbocycles. The van der Waals surface area contributed by atoms with Crippen molar-refractivity contribution < 1.29 is 22.9 Å². The number of carbonyl (C=O) groups excluding carboxylic acids is 1. The summed E-state index contributed by atoms with van der Waals surface area (Å²) in [7, 11) is -3.55. The Morgan fingerprint density at radius 3 is 2.33 bits per heavy atom. The number of carbonyl (C=O) groups is 1. The van der Waals surface area contributed by atoms with Crippen LogP contribution in [0.2, 0.25) is 0 Å². The lowest BCUT2D eigenvalue weighted by atomic mass is 9.87.